The molecule has 0 aliphatic carbocycles. The number of carboxylic acid groups (broad SMARTS) is 1. The highest BCUT2D eigenvalue weighted by molar-refractivity contribution is 9.10. The number of halogens is 2. The summed E-state index contributed by atoms with van der Waals surface area (Å²) in [5, 5.41) is 12.8. The average Bonchev–Trinajstić information content (AvgIpc) is 2.69. The van der Waals surface area contributed by atoms with Crippen LogP contribution in [0.1, 0.15) is 38.0 Å². The van der Waals surface area contributed by atoms with Crippen LogP contribution < -0.4 is 0 Å². The summed E-state index contributed by atoms with van der Waals surface area (Å²) in [5.41, 5.74) is 3.34. The number of fused-ring (bicyclic) bond motifs is 1. The highest BCUT2D eigenvalue weighted by Crippen LogP contribution is 2.46. The molecule has 0 spiro atoms. The van der Waals surface area contributed by atoms with Crippen molar-refractivity contribution in [1.82, 2.24) is 0 Å². The van der Waals surface area contributed by atoms with E-state index in [1.54, 1.807) is 0 Å². The third-order valence-corrected chi connectivity index (χ3v) is 12.0. The Labute approximate surface area is 198 Å². The molecule has 0 amide bonds. The second-order valence-corrected chi connectivity index (χ2v) is 15.4. The summed E-state index contributed by atoms with van der Waals surface area (Å²) < 4.78 is 7.40. The lowest BCUT2D eigenvalue weighted by Crippen LogP contribution is -2.43. The van der Waals surface area contributed by atoms with E-state index in [1.165, 1.54) is 0 Å². The first-order valence-corrected chi connectivity index (χ1v) is 14.3. The minimum atomic E-state index is -2.37. The summed E-state index contributed by atoms with van der Waals surface area (Å²) in [6.07, 6.45) is -1.08. The predicted octanol–water partition coefficient (Wildman–Crippen LogP) is 8.38. The molecule has 0 heterocycles. The fourth-order valence-corrected chi connectivity index (χ4v) is 5.35. The van der Waals surface area contributed by atoms with Crippen LogP contribution in [0.25, 0.3) is 21.9 Å². The number of hydrogen-bond donors (Lipinski definition) is 1. The molecule has 3 aromatic carbocycles. The van der Waals surface area contributed by atoms with Gasteiger partial charge in [0.05, 0.1) is 0 Å². The van der Waals surface area contributed by atoms with Gasteiger partial charge in [-0.3, -0.25) is 0 Å². The average molecular weight is 520 g/mol. The van der Waals surface area contributed by atoms with E-state index in [0.29, 0.717) is 10.6 Å². The third-order valence-electron chi connectivity index (χ3n) is 6.27. The van der Waals surface area contributed by atoms with E-state index in [0.717, 1.165) is 31.9 Å². The van der Waals surface area contributed by atoms with E-state index in [2.05, 4.69) is 49.8 Å². The van der Waals surface area contributed by atoms with Crippen LogP contribution in [0.15, 0.2) is 53.0 Å². The molecule has 0 radical (unpaired) electrons. The molecule has 0 saturated heterocycles. The molecule has 164 valence electrons. The van der Waals surface area contributed by atoms with Crippen LogP contribution in [0.2, 0.25) is 23.2 Å². The van der Waals surface area contributed by atoms with Gasteiger partial charge < -0.3 is 9.53 Å². The Hall–Kier alpha value is -1.66. The van der Waals surface area contributed by atoms with Crippen LogP contribution in [0, 0.1) is 6.92 Å². The van der Waals surface area contributed by atoms with Crippen molar-refractivity contribution in [1.29, 1.82) is 0 Å². The van der Waals surface area contributed by atoms with Gasteiger partial charge in [-0.1, -0.05) is 68.8 Å². The van der Waals surface area contributed by atoms with E-state index >= 15 is 0 Å². The molecule has 0 saturated carbocycles. The summed E-state index contributed by atoms with van der Waals surface area (Å²) in [6.45, 7) is 12.5. The SMILES string of the molecule is Cc1c(C(O[Si](C)(C)C(C)(C)C)C(=O)O)c(-c2ccc(Cl)cc2)c2ccccc2c1Br. The molecule has 6 heteroatoms. The molecular formula is C25H28BrClO3Si. The smallest absolute Gasteiger partial charge is 0.336 e. The summed E-state index contributed by atoms with van der Waals surface area (Å²) in [4.78, 5) is 12.6. The predicted molar refractivity (Wildman–Crippen MR) is 135 cm³/mol. The summed E-state index contributed by atoms with van der Waals surface area (Å²) in [6, 6.07) is 15.6. The molecular weight excluding hydrogens is 492 g/mol. The number of carboxylic acids is 1. The van der Waals surface area contributed by atoms with Crippen molar-refractivity contribution in [3.05, 3.63) is 69.2 Å². The Morgan fingerprint density at radius 3 is 2.13 bits per heavy atom. The zero-order valence-electron chi connectivity index (χ0n) is 18.7. The minimum Gasteiger partial charge on any atom is -0.479 e. The summed E-state index contributed by atoms with van der Waals surface area (Å²) in [5.74, 6) is -0.981. The summed E-state index contributed by atoms with van der Waals surface area (Å²) >= 11 is 9.87. The number of aliphatic carboxylic acids is 1. The van der Waals surface area contributed by atoms with Gasteiger partial charge in [0.1, 0.15) is 0 Å². The van der Waals surface area contributed by atoms with Crippen molar-refractivity contribution in [2.75, 3.05) is 0 Å². The minimum absolute atomic E-state index is 0.122. The largest absolute Gasteiger partial charge is 0.479 e. The highest BCUT2D eigenvalue weighted by atomic mass is 79.9. The standard InChI is InChI=1S/C25H28BrClO3Si/c1-15-20(23(24(28)29)30-31(5,6)25(2,3)4)21(16-11-13-17(27)14-12-16)18-9-7-8-10-19(18)22(15)26/h7-14,23H,1-6H3,(H,28,29). The lowest BCUT2D eigenvalue weighted by Gasteiger charge is -2.39. The topological polar surface area (TPSA) is 46.5 Å². The van der Waals surface area contributed by atoms with Gasteiger partial charge in [-0.2, -0.15) is 0 Å². The van der Waals surface area contributed by atoms with Crippen molar-refractivity contribution >= 4 is 52.6 Å². The van der Waals surface area contributed by atoms with Crippen molar-refractivity contribution in [2.24, 2.45) is 0 Å². The molecule has 0 aliphatic heterocycles. The highest BCUT2D eigenvalue weighted by Gasteiger charge is 2.42. The molecule has 1 unspecified atom stereocenters. The molecule has 3 nitrogen and oxygen atoms in total. The number of rotatable bonds is 5. The van der Waals surface area contributed by atoms with Crippen molar-refractivity contribution in [3.63, 3.8) is 0 Å². The lowest BCUT2D eigenvalue weighted by molar-refractivity contribution is -0.146. The Kier molecular flexibility index (Phi) is 6.73. The zero-order chi connectivity index (χ0) is 23.1. The number of carbonyl (C=O) groups is 1. The Balaban J connectivity index is 2.39. The maximum Gasteiger partial charge on any atom is 0.336 e. The van der Waals surface area contributed by atoms with Gasteiger partial charge in [0.25, 0.3) is 0 Å². The quantitative estimate of drug-likeness (QED) is 0.344. The molecule has 1 N–H and O–H groups in total. The number of hydrogen-bond acceptors (Lipinski definition) is 2. The van der Waals surface area contributed by atoms with Gasteiger partial charge in [0.2, 0.25) is 0 Å². The van der Waals surface area contributed by atoms with Crippen molar-refractivity contribution < 1.29 is 14.3 Å². The molecule has 0 fully saturated rings. The molecule has 0 aliphatic rings. The van der Waals surface area contributed by atoms with E-state index in [4.69, 9.17) is 16.0 Å². The Morgan fingerprint density at radius 2 is 1.61 bits per heavy atom. The van der Waals surface area contributed by atoms with Crippen molar-refractivity contribution in [3.8, 4) is 11.1 Å². The second kappa shape index (κ2) is 8.70. The van der Waals surface area contributed by atoms with Gasteiger partial charge in [-0.05, 0) is 80.6 Å². The van der Waals surface area contributed by atoms with E-state index in [-0.39, 0.29) is 5.04 Å². The Morgan fingerprint density at radius 1 is 1.06 bits per heavy atom. The normalized spacial score (nSPS) is 13.4. The fraction of sp³-hybridized carbons (Fsp3) is 0.320. The van der Waals surface area contributed by atoms with Gasteiger partial charge in [-0.15, -0.1) is 0 Å². The first-order chi connectivity index (χ1) is 14.3. The van der Waals surface area contributed by atoms with Crippen LogP contribution >= 0.6 is 27.5 Å². The fourth-order valence-electron chi connectivity index (χ4n) is 3.50. The van der Waals surface area contributed by atoms with Crippen LogP contribution in [0.4, 0.5) is 0 Å². The molecule has 31 heavy (non-hydrogen) atoms. The molecule has 0 bridgehead atoms. The van der Waals surface area contributed by atoms with Crippen LogP contribution in [-0.4, -0.2) is 19.4 Å². The van der Waals surface area contributed by atoms with Gasteiger partial charge in [0, 0.05) is 15.1 Å². The second-order valence-electron chi connectivity index (χ2n) is 9.38. The van der Waals surface area contributed by atoms with Gasteiger partial charge in [-0.25, -0.2) is 4.79 Å². The first-order valence-electron chi connectivity index (χ1n) is 10.2. The van der Waals surface area contributed by atoms with E-state index in [9.17, 15) is 9.90 Å². The third kappa shape index (κ3) is 4.60. The van der Waals surface area contributed by atoms with Gasteiger partial charge in [0.15, 0.2) is 14.4 Å². The molecule has 3 rings (SSSR count). The molecule has 3 aromatic rings. The van der Waals surface area contributed by atoms with Crippen molar-refractivity contribution in [2.45, 2.75) is 51.9 Å². The van der Waals surface area contributed by atoms with Crippen LogP contribution in [-0.2, 0) is 9.22 Å². The van der Waals surface area contributed by atoms with E-state index in [1.807, 2.05) is 55.5 Å². The van der Waals surface area contributed by atoms with Crippen LogP contribution in [0.5, 0.6) is 0 Å². The Bertz CT molecular complexity index is 1130. The summed E-state index contributed by atoms with van der Waals surface area (Å²) in [7, 11) is -2.37. The monoisotopic (exact) mass is 518 g/mol. The molecule has 1 atom stereocenters. The first kappa shape index (κ1) is 24.0. The van der Waals surface area contributed by atoms with Gasteiger partial charge >= 0.3 is 5.97 Å². The maximum absolute atomic E-state index is 12.6. The number of benzene rings is 3. The zero-order valence-corrected chi connectivity index (χ0v) is 22.1. The van der Waals surface area contributed by atoms with E-state index < -0.39 is 20.4 Å². The molecule has 0 aromatic heterocycles. The maximum atomic E-state index is 12.6. The van der Waals surface area contributed by atoms with Crippen LogP contribution in [0.3, 0.4) is 0 Å². The lowest BCUT2D eigenvalue weighted by atomic mass is 9.87.